The van der Waals surface area contributed by atoms with Crippen LogP contribution in [-0.2, 0) is 0 Å². The number of amides is 1. The summed E-state index contributed by atoms with van der Waals surface area (Å²) in [6.45, 7) is 8.64. The molecule has 0 radical (unpaired) electrons. The number of carboxylic acid groups (broad SMARTS) is 1. The van der Waals surface area contributed by atoms with Crippen LogP contribution in [0.15, 0.2) is 18.3 Å². The highest BCUT2D eigenvalue weighted by molar-refractivity contribution is 5.84. The highest BCUT2D eigenvalue weighted by Gasteiger charge is 2.20. The normalized spacial score (nSPS) is 12.5. The molecule has 1 rings (SSSR count). The van der Waals surface area contributed by atoms with Crippen LogP contribution >= 0.6 is 0 Å². The van der Waals surface area contributed by atoms with Crippen molar-refractivity contribution in [3.8, 4) is 0 Å². The number of aromatic nitrogens is 1. The fourth-order valence-electron chi connectivity index (χ4n) is 1.39. The Hall–Kier alpha value is -1.58. The Balaban J connectivity index is 2.86. The summed E-state index contributed by atoms with van der Waals surface area (Å²) in [6.07, 6.45) is 0.736. The Labute approximate surface area is 102 Å². The van der Waals surface area contributed by atoms with Gasteiger partial charge in [-0.05, 0) is 30.4 Å². The maximum atomic E-state index is 11.2. The number of carbonyl (C=O) groups is 1. The van der Waals surface area contributed by atoms with Gasteiger partial charge in [0.2, 0.25) is 0 Å². The highest BCUT2D eigenvalue weighted by Crippen LogP contribution is 2.17. The van der Waals surface area contributed by atoms with E-state index in [9.17, 15) is 9.90 Å². The molecule has 1 aromatic rings. The molecule has 0 aliphatic rings. The second-order valence-corrected chi connectivity index (χ2v) is 4.81. The van der Waals surface area contributed by atoms with Crippen molar-refractivity contribution >= 4 is 11.9 Å². The standard InChI is InChI=1S/C13H20N2O2/c1-9(2)11(4)8-15(13(16)17)12-6-5-10(3)7-14-12/h5-7,9,11H,8H2,1-4H3,(H,16,17). The smallest absolute Gasteiger partial charge is 0.413 e. The van der Waals surface area contributed by atoms with Gasteiger partial charge in [-0.3, -0.25) is 4.90 Å². The van der Waals surface area contributed by atoms with Crippen LogP contribution in [-0.4, -0.2) is 22.7 Å². The molecule has 0 aliphatic carbocycles. The van der Waals surface area contributed by atoms with E-state index in [-0.39, 0.29) is 0 Å². The Morgan fingerprint density at radius 2 is 2.06 bits per heavy atom. The van der Waals surface area contributed by atoms with Crippen molar-refractivity contribution < 1.29 is 9.90 Å². The zero-order chi connectivity index (χ0) is 13.0. The fourth-order valence-corrected chi connectivity index (χ4v) is 1.39. The summed E-state index contributed by atoms with van der Waals surface area (Å²) in [7, 11) is 0. The van der Waals surface area contributed by atoms with Gasteiger partial charge in [-0.1, -0.05) is 26.8 Å². The van der Waals surface area contributed by atoms with E-state index in [2.05, 4.69) is 25.8 Å². The summed E-state index contributed by atoms with van der Waals surface area (Å²) in [4.78, 5) is 16.7. The third kappa shape index (κ3) is 3.73. The molecule has 17 heavy (non-hydrogen) atoms. The second kappa shape index (κ2) is 5.66. The fraction of sp³-hybridized carbons (Fsp3) is 0.538. The van der Waals surface area contributed by atoms with Crippen molar-refractivity contribution in [2.24, 2.45) is 11.8 Å². The Morgan fingerprint density at radius 1 is 1.41 bits per heavy atom. The van der Waals surface area contributed by atoms with Crippen LogP contribution in [0.25, 0.3) is 0 Å². The van der Waals surface area contributed by atoms with E-state index in [1.54, 1.807) is 12.3 Å². The molecule has 1 unspecified atom stereocenters. The zero-order valence-corrected chi connectivity index (χ0v) is 10.8. The van der Waals surface area contributed by atoms with E-state index < -0.39 is 6.09 Å². The number of anilines is 1. The number of nitrogens with zero attached hydrogens (tertiary/aromatic N) is 2. The van der Waals surface area contributed by atoms with Crippen molar-refractivity contribution in [2.45, 2.75) is 27.7 Å². The van der Waals surface area contributed by atoms with Gasteiger partial charge in [-0.2, -0.15) is 0 Å². The molecule has 0 fully saturated rings. The van der Waals surface area contributed by atoms with Crippen molar-refractivity contribution in [1.29, 1.82) is 0 Å². The summed E-state index contributed by atoms with van der Waals surface area (Å²) in [6, 6.07) is 3.62. The van der Waals surface area contributed by atoms with E-state index in [0.29, 0.717) is 24.2 Å². The minimum absolute atomic E-state index is 0.300. The predicted octanol–water partition coefficient (Wildman–Crippen LogP) is 3.17. The largest absolute Gasteiger partial charge is 0.465 e. The van der Waals surface area contributed by atoms with Gasteiger partial charge in [0, 0.05) is 12.7 Å². The van der Waals surface area contributed by atoms with E-state index in [1.165, 1.54) is 4.90 Å². The van der Waals surface area contributed by atoms with Crippen molar-refractivity contribution in [3.05, 3.63) is 23.9 Å². The third-order valence-corrected chi connectivity index (χ3v) is 3.01. The van der Waals surface area contributed by atoms with Gasteiger partial charge in [0.1, 0.15) is 5.82 Å². The first-order valence-corrected chi connectivity index (χ1v) is 5.85. The number of rotatable bonds is 4. The van der Waals surface area contributed by atoms with Gasteiger partial charge in [-0.15, -0.1) is 0 Å². The molecule has 4 heteroatoms. The Morgan fingerprint density at radius 3 is 2.47 bits per heavy atom. The zero-order valence-electron chi connectivity index (χ0n) is 10.8. The van der Waals surface area contributed by atoms with E-state index in [4.69, 9.17) is 0 Å². The lowest BCUT2D eigenvalue weighted by atomic mass is 9.98. The molecular formula is C13H20N2O2. The van der Waals surface area contributed by atoms with Crippen LogP contribution in [0.3, 0.4) is 0 Å². The molecular weight excluding hydrogens is 216 g/mol. The molecule has 0 saturated carbocycles. The van der Waals surface area contributed by atoms with Gasteiger partial charge in [0.15, 0.2) is 0 Å². The topological polar surface area (TPSA) is 53.4 Å². The van der Waals surface area contributed by atoms with Gasteiger partial charge in [0.25, 0.3) is 0 Å². The summed E-state index contributed by atoms with van der Waals surface area (Å²) < 4.78 is 0. The van der Waals surface area contributed by atoms with Crippen LogP contribution in [0.4, 0.5) is 10.6 Å². The van der Waals surface area contributed by atoms with Crippen molar-refractivity contribution in [1.82, 2.24) is 4.98 Å². The lowest BCUT2D eigenvalue weighted by Gasteiger charge is -2.24. The molecule has 1 aromatic heterocycles. The van der Waals surface area contributed by atoms with Crippen molar-refractivity contribution in [3.63, 3.8) is 0 Å². The van der Waals surface area contributed by atoms with E-state index >= 15 is 0 Å². The molecule has 0 spiro atoms. The molecule has 0 aliphatic heterocycles. The van der Waals surface area contributed by atoms with E-state index in [0.717, 1.165) is 5.56 Å². The number of hydrogen-bond donors (Lipinski definition) is 1. The average molecular weight is 236 g/mol. The monoisotopic (exact) mass is 236 g/mol. The molecule has 0 saturated heterocycles. The van der Waals surface area contributed by atoms with Crippen LogP contribution in [0.5, 0.6) is 0 Å². The lowest BCUT2D eigenvalue weighted by molar-refractivity contribution is 0.199. The van der Waals surface area contributed by atoms with E-state index in [1.807, 2.05) is 13.0 Å². The molecule has 1 atom stereocenters. The predicted molar refractivity (Wildman–Crippen MR) is 68.3 cm³/mol. The molecule has 1 heterocycles. The summed E-state index contributed by atoms with van der Waals surface area (Å²) in [5, 5.41) is 9.21. The summed E-state index contributed by atoms with van der Waals surface area (Å²) in [5.74, 6) is 1.24. The summed E-state index contributed by atoms with van der Waals surface area (Å²) in [5.41, 5.74) is 1.02. The molecule has 1 N–H and O–H groups in total. The minimum Gasteiger partial charge on any atom is -0.465 e. The highest BCUT2D eigenvalue weighted by atomic mass is 16.4. The van der Waals surface area contributed by atoms with Crippen LogP contribution in [0, 0.1) is 18.8 Å². The average Bonchev–Trinajstić information content (AvgIpc) is 2.26. The van der Waals surface area contributed by atoms with Gasteiger partial charge in [-0.25, -0.2) is 9.78 Å². The Bertz CT molecular complexity index is 374. The lowest BCUT2D eigenvalue weighted by Crippen LogP contribution is -2.35. The molecule has 4 nitrogen and oxygen atoms in total. The van der Waals surface area contributed by atoms with Crippen LogP contribution in [0.1, 0.15) is 26.3 Å². The molecule has 0 bridgehead atoms. The SMILES string of the molecule is Cc1ccc(N(CC(C)C(C)C)C(=O)O)nc1. The maximum absolute atomic E-state index is 11.2. The van der Waals surface area contributed by atoms with Gasteiger partial charge in [0.05, 0.1) is 0 Å². The second-order valence-electron chi connectivity index (χ2n) is 4.81. The van der Waals surface area contributed by atoms with Crippen molar-refractivity contribution in [2.75, 3.05) is 11.4 Å². The molecule has 0 aromatic carbocycles. The van der Waals surface area contributed by atoms with Crippen LogP contribution < -0.4 is 4.90 Å². The van der Waals surface area contributed by atoms with Gasteiger partial charge >= 0.3 is 6.09 Å². The number of hydrogen-bond acceptors (Lipinski definition) is 2. The third-order valence-electron chi connectivity index (χ3n) is 3.01. The quantitative estimate of drug-likeness (QED) is 0.873. The maximum Gasteiger partial charge on any atom is 0.413 e. The summed E-state index contributed by atoms with van der Waals surface area (Å²) >= 11 is 0. The first kappa shape index (κ1) is 13.5. The van der Waals surface area contributed by atoms with Crippen LogP contribution in [0.2, 0.25) is 0 Å². The van der Waals surface area contributed by atoms with Gasteiger partial charge < -0.3 is 5.11 Å². The first-order valence-electron chi connectivity index (χ1n) is 5.85. The number of pyridine rings is 1. The minimum atomic E-state index is -0.950. The Kier molecular flexibility index (Phi) is 4.49. The number of aryl methyl sites for hydroxylation is 1. The molecule has 94 valence electrons. The first-order chi connectivity index (χ1) is 7.91. The molecule has 1 amide bonds.